The predicted molar refractivity (Wildman–Crippen MR) is 79.8 cm³/mol. The molecule has 0 bridgehead atoms. The Morgan fingerprint density at radius 1 is 1.22 bits per heavy atom. The van der Waals surface area contributed by atoms with Crippen LogP contribution in [0.3, 0.4) is 0 Å². The van der Waals surface area contributed by atoms with E-state index in [0.29, 0.717) is 4.88 Å². The summed E-state index contributed by atoms with van der Waals surface area (Å²) in [5.74, 6) is -0.729. The lowest BCUT2D eigenvalue weighted by atomic mass is 9.97. The summed E-state index contributed by atoms with van der Waals surface area (Å²) < 4.78 is 4.93. The van der Waals surface area contributed by atoms with Gasteiger partial charge in [-0.2, -0.15) is 0 Å². The zero-order chi connectivity index (χ0) is 17.0. The second kappa shape index (κ2) is 7.95. The first-order chi connectivity index (χ1) is 10.9. The van der Waals surface area contributed by atoms with Crippen LogP contribution >= 0.6 is 11.3 Å². The molecule has 1 aromatic rings. The number of ketones is 1. The van der Waals surface area contributed by atoms with Crippen LogP contribution in [-0.4, -0.2) is 69.4 Å². The summed E-state index contributed by atoms with van der Waals surface area (Å²) in [6, 6.07) is 2.17. The second-order valence-corrected chi connectivity index (χ2v) is 6.17. The third kappa shape index (κ3) is 4.34. The number of ether oxygens (including phenoxy) is 1. The highest BCUT2D eigenvalue weighted by Gasteiger charge is 2.44. The molecule has 2 rings (SSSR count). The molecule has 1 aliphatic heterocycles. The number of hydrogen-bond acceptors (Lipinski definition) is 8. The fourth-order valence-electron chi connectivity index (χ4n) is 2.30. The SMILES string of the molecule is O=C(CCC(=O)c1cccs1)NC1C(O)O[C@H](CO)C(O)[C@@H]1O. The molecule has 1 amide bonds. The number of Topliss-reactive ketones (excluding diaryl/α,β-unsaturated/α-hetero) is 1. The van der Waals surface area contributed by atoms with E-state index in [9.17, 15) is 24.9 Å². The number of nitrogens with one attached hydrogen (secondary N) is 1. The number of hydrogen-bond donors (Lipinski definition) is 5. The Kier molecular flexibility index (Phi) is 6.22. The van der Waals surface area contributed by atoms with Crippen molar-refractivity contribution >= 4 is 23.0 Å². The lowest BCUT2D eigenvalue weighted by Crippen LogP contribution is -2.64. The van der Waals surface area contributed by atoms with E-state index < -0.39 is 43.2 Å². The molecule has 128 valence electrons. The summed E-state index contributed by atoms with van der Waals surface area (Å²) >= 11 is 1.28. The maximum absolute atomic E-state index is 11.9. The van der Waals surface area contributed by atoms with Crippen molar-refractivity contribution < 1.29 is 34.8 Å². The molecular formula is C14H19NO7S. The molecule has 1 fully saturated rings. The maximum Gasteiger partial charge on any atom is 0.220 e. The highest BCUT2D eigenvalue weighted by atomic mass is 32.1. The van der Waals surface area contributed by atoms with Crippen molar-refractivity contribution in [2.24, 2.45) is 0 Å². The number of thiophene rings is 1. The molecular weight excluding hydrogens is 326 g/mol. The molecule has 5 atom stereocenters. The van der Waals surface area contributed by atoms with Gasteiger partial charge in [-0.3, -0.25) is 9.59 Å². The van der Waals surface area contributed by atoms with Gasteiger partial charge in [-0.25, -0.2) is 0 Å². The van der Waals surface area contributed by atoms with Gasteiger partial charge in [0.2, 0.25) is 5.91 Å². The average molecular weight is 345 g/mol. The Bertz CT molecular complexity index is 535. The van der Waals surface area contributed by atoms with Crippen LogP contribution in [0.5, 0.6) is 0 Å². The number of aliphatic hydroxyl groups excluding tert-OH is 4. The van der Waals surface area contributed by atoms with E-state index in [1.165, 1.54) is 11.3 Å². The third-order valence-corrected chi connectivity index (χ3v) is 4.51. The Hall–Kier alpha value is -1.36. The van der Waals surface area contributed by atoms with Crippen LogP contribution in [0.4, 0.5) is 0 Å². The van der Waals surface area contributed by atoms with Crippen LogP contribution in [-0.2, 0) is 9.53 Å². The highest BCUT2D eigenvalue weighted by molar-refractivity contribution is 7.12. The summed E-state index contributed by atoms with van der Waals surface area (Å²) in [6.07, 6.45) is -5.76. The Balaban J connectivity index is 1.85. The fourth-order valence-corrected chi connectivity index (χ4v) is 2.99. The number of carbonyl (C=O) groups is 2. The van der Waals surface area contributed by atoms with E-state index in [-0.39, 0.29) is 18.6 Å². The fraction of sp³-hybridized carbons (Fsp3) is 0.571. The Labute approximate surface area is 136 Å². The zero-order valence-electron chi connectivity index (χ0n) is 12.2. The molecule has 8 nitrogen and oxygen atoms in total. The van der Waals surface area contributed by atoms with Crippen molar-refractivity contribution in [2.75, 3.05) is 6.61 Å². The largest absolute Gasteiger partial charge is 0.394 e. The first-order valence-corrected chi connectivity index (χ1v) is 7.98. The number of rotatable bonds is 6. The Morgan fingerprint density at radius 3 is 2.57 bits per heavy atom. The first-order valence-electron chi connectivity index (χ1n) is 7.10. The lowest BCUT2D eigenvalue weighted by Gasteiger charge is -2.40. The van der Waals surface area contributed by atoms with E-state index in [1.54, 1.807) is 17.5 Å². The topological polar surface area (TPSA) is 136 Å². The van der Waals surface area contributed by atoms with Crippen molar-refractivity contribution in [1.82, 2.24) is 5.32 Å². The van der Waals surface area contributed by atoms with Crippen molar-refractivity contribution in [2.45, 2.75) is 43.5 Å². The van der Waals surface area contributed by atoms with Crippen molar-refractivity contribution in [3.8, 4) is 0 Å². The minimum Gasteiger partial charge on any atom is -0.394 e. The van der Waals surface area contributed by atoms with Crippen LogP contribution in [0.2, 0.25) is 0 Å². The number of amides is 1. The number of aliphatic hydroxyl groups is 4. The molecule has 1 aromatic heterocycles. The van der Waals surface area contributed by atoms with Crippen molar-refractivity contribution in [3.05, 3.63) is 22.4 Å². The zero-order valence-corrected chi connectivity index (χ0v) is 13.0. The van der Waals surface area contributed by atoms with Crippen molar-refractivity contribution in [3.63, 3.8) is 0 Å². The average Bonchev–Trinajstić information content (AvgIpc) is 3.07. The van der Waals surface area contributed by atoms with E-state index in [2.05, 4.69) is 5.32 Å². The van der Waals surface area contributed by atoms with Gasteiger partial charge in [0.25, 0.3) is 0 Å². The second-order valence-electron chi connectivity index (χ2n) is 5.22. The van der Waals surface area contributed by atoms with Gasteiger partial charge in [0.15, 0.2) is 12.1 Å². The molecule has 9 heteroatoms. The molecule has 5 N–H and O–H groups in total. The quantitative estimate of drug-likeness (QED) is 0.401. The van der Waals surface area contributed by atoms with Crippen LogP contribution in [0.1, 0.15) is 22.5 Å². The standard InChI is InChI=1S/C14H19NO7S/c16-6-8-12(19)13(20)11(14(21)22-8)15-10(18)4-3-7(17)9-2-1-5-23-9/h1-2,5,8,11-14,16,19-21H,3-4,6H2,(H,15,18)/t8-,11?,12?,13-,14?/m1/s1. The Morgan fingerprint density at radius 2 is 1.96 bits per heavy atom. The molecule has 0 aliphatic carbocycles. The minimum atomic E-state index is -1.57. The molecule has 0 radical (unpaired) electrons. The summed E-state index contributed by atoms with van der Waals surface area (Å²) in [5.41, 5.74) is 0. The van der Waals surface area contributed by atoms with Crippen LogP contribution in [0.15, 0.2) is 17.5 Å². The van der Waals surface area contributed by atoms with Gasteiger partial charge >= 0.3 is 0 Å². The van der Waals surface area contributed by atoms with Gasteiger partial charge in [-0.05, 0) is 11.4 Å². The van der Waals surface area contributed by atoms with Gasteiger partial charge in [-0.15, -0.1) is 11.3 Å². The molecule has 3 unspecified atom stereocenters. The molecule has 0 spiro atoms. The van der Waals surface area contributed by atoms with Gasteiger partial charge < -0.3 is 30.5 Å². The summed E-state index contributed by atoms with van der Waals surface area (Å²) in [6.45, 7) is -0.578. The smallest absolute Gasteiger partial charge is 0.220 e. The van der Waals surface area contributed by atoms with Gasteiger partial charge in [-0.1, -0.05) is 6.07 Å². The monoisotopic (exact) mass is 345 g/mol. The van der Waals surface area contributed by atoms with Crippen LogP contribution in [0, 0.1) is 0 Å². The molecule has 0 aromatic carbocycles. The molecule has 1 saturated heterocycles. The predicted octanol–water partition coefficient (Wildman–Crippen LogP) is -1.37. The van der Waals surface area contributed by atoms with Gasteiger partial charge in [0, 0.05) is 12.8 Å². The normalized spacial score (nSPS) is 30.9. The molecule has 0 saturated carbocycles. The third-order valence-electron chi connectivity index (χ3n) is 3.60. The summed E-state index contributed by atoms with van der Waals surface area (Å²) in [7, 11) is 0. The van der Waals surface area contributed by atoms with E-state index in [4.69, 9.17) is 9.84 Å². The number of carbonyl (C=O) groups excluding carboxylic acids is 2. The van der Waals surface area contributed by atoms with Crippen LogP contribution in [0.25, 0.3) is 0 Å². The lowest BCUT2D eigenvalue weighted by molar-refractivity contribution is -0.253. The van der Waals surface area contributed by atoms with E-state index >= 15 is 0 Å². The van der Waals surface area contributed by atoms with E-state index in [1.807, 2.05) is 0 Å². The molecule has 23 heavy (non-hydrogen) atoms. The first kappa shape index (κ1) is 18.0. The van der Waals surface area contributed by atoms with Gasteiger partial charge in [0.1, 0.15) is 24.4 Å². The minimum absolute atomic E-state index is 0.00602. The van der Waals surface area contributed by atoms with Gasteiger partial charge in [0.05, 0.1) is 11.5 Å². The maximum atomic E-state index is 11.9. The molecule has 1 aliphatic rings. The summed E-state index contributed by atoms with van der Waals surface area (Å²) in [5, 5.41) is 42.5. The van der Waals surface area contributed by atoms with Crippen LogP contribution < -0.4 is 5.32 Å². The van der Waals surface area contributed by atoms with Crippen molar-refractivity contribution in [1.29, 1.82) is 0 Å². The summed E-state index contributed by atoms with van der Waals surface area (Å²) in [4.78, 5) is 24.2. The highest BCUT2D eigenvalue weighted by Crippen LogP contribution is 2.20. The molecule has 2 heterocycles. The van der Waals surface area contributed by atoms with E-state index in [0.717, 1.165) is 0 Å².